The Morgan fingerprint density at radius 3 is 2.36 bits per heavy atom. The number of thioether (sulfide) groups is 1. The molecule has 0 atom stereocenters. The van der Waals surface area contributed by atoms with Crippen molar-refractivity contribution in [3.63, 3.8) is 0 Å². The second-order valence-corrected chi connectivity index (χ2v) is 7.89. The lowest BCUT2D eigenvalue weighted by Gasteiger charge is -2.08. The molecule has 1 amide bonds. The van der Waals surface area contributed by atoms with Gasteiger partial charge in [-0.1, -0.05) is 34.1 Å². The van der Waals surface area contributed by atoms with Crippen LogP contribution in [0.4, 0.5) is 5.69 Å². The Hall–Kier alpha value is -2.57. The summed E-state index contributed by atoms with van der Waals surface area (Å²) >= 11 is 4.83. The van der Waals surface area contributed by atoms with Crippen LogP contribution >= 0.6 is 27.7 Å². The van der Waals surface area contributed by atoms with Crippen LogP contribution in [0.1, 0.15) is 20.7 Å². The van der Waals surface area contributed by atoms with Gasteiger partial charge >= 0.3 is 0 Å². The second-order valence-electron chi connectivity index (χ2n) is 5.93. The summed E-state index contributed by atoms with van der Waals surface area (Å²) in [6.45, 7) is 0. The number of methoxy groups -OCH3 is 1. The zero-order valence-electron chi connectivity index (χ0n) is 15.1. The smallest absolute Gasteiger partial charge is 0.255 e. The molecule has 142 valence electrons. The molecule has 0 saturated heterocycles. The monoisotopic (exact) mass is 455 g/mol. The molecular weight excluding hydrogens is 438 g/mol. The summed E-state index contributed by atoms with van der Waals surface area (Å²) < 4.78 is 6.09. The van der Waals surface area contributed by atoms with Crippen molar-refractivity contribution in [3.05, 3.63) is 88.4 Å². The summed E-state index contributed by atoms with van der Waals surface area (Å²) in [7, 11) is 1.56. The summed E-state index contributed by atoms with van der Waals surface area (Å²) in [5, 5.41) is 2.86. The first-order valence-corrected chi connectivity index (χ1v) is 10.3. The number of carbonyl (C=O) groups is 2. The fourth-order valence-corrected chi connectivity index (χ4v) is 3.53. The fourth-order valence-electron chi connectivity index (χ4n) is 2.47. The molecule has 0 saturated carbocycles. The molecule has 0 heterocycles. The second kappa shape index (κ2) is 9.57. The maximum atomic E-state index is 12.3. The van der Waals surface area contributed by atoms with Crippen LogP contribution in [0.15, 0.2) is 82.2 Å². The van der Waals surface area contributed by atoms with E-state index in [1.54, 1.807) is 31.4 Å². The first kappa shape index (κ1) is 20.2. The average Bonchev–Trinajstić information content (AvgIpc) is 2.73. The summed E-state index contributed by atoms with van der Waals surface area (Å²) in [6.07, 6.45) is 0. The van der Waals surface area contributed by atoms with Crippen molar-refractivity contribution >= 4 is 45.1 Å². The number of halogens is 1. The predicted molar refractivity (Wildman–Crippen MR) is 117 cm³/mol. The topological polar surface area (TPSA) is 55.4 Å². The third kappa shape index (κ3) is 5.47. The number of ketones is 1. The molecule has 0 aliphatic rings. The number of hydrogen-bond donors (Lipinski definition) is 1. The van der Waals surface area contributed by atoms with Gasteiger partial charge in [-0.3, -0.25) is 9.59 Å². The Balaban J connectivity index is 1.56. The zero-order chi connectivity index (χ0) is 19.9. The van der Waals surface area contributed by atoms with Crippen molar-refractivity contribution < 1.29 is 14.3 Å². The molecule has 0 spiro atoms. The molecule has 0 aliphatic heterocycles. The van der Waals surface area contributed by atoms with E-state index >= 15 is 0 Å². The number of amides is 1. The fraction of sp³-hybridized carbons (Fsp3) is 0.0909. The molecule has 0 fully saturated rings. The largest absolute Gasteiger partial charge is 0.497 e. The number of Topliss-reactive ketones (excluding diaryl/α,β-unsaturated/α-hetero) is 1. The Bertz CT molecular complexity index is 972. The Morgan fingerprint density at radius 1 is 0.964 bits per heavy atom. The van der Waals surface area contributed by atoms with Crippen LogP contribution in [0.25, 0.3) is 0 Å². The van der Waals surface area contributed by atoms with E-state index in [1.165, 1.54) is 11.8 Å². The average molecular weight is 456 g/mol. The van der Waals surface area contributed by atoms with Crippen LogP contribution in [0.5, 0.6) is 5.75 Å². The van der Waals surface area contributed by atoms with E-state index in [0.29, 0.717) is 28.3 Å². The Labute approximate surface area is 176 Å². The normalized spacial score (nSPS) is 10.4. The lowest BCUT2D eigenvalue weighted by molar-refractivity contribution is 0.101. The molecule has 3 aromatic rings. The number of hydrogen-bond acceptors (Lipinski definition) is 4. The van der Waals surface area contributed by atoms with Gasteiger partial charge in [0, 0.05) is 26.2 Å². The highest BCUT2D eigenvalue weighted by atomic mass is 79.9. The van der Waals surface area contributed by atoms with E-state index in [1.807, 2.05) is 48.5 Å². The van der Waals surface area contributed by atoms with Gasteiger partial charge in [0.05, 0.1) is 12.9 Å². The third-order valence-corrected chi connectivity index (χ3v) is 5.52. The molecule has 1 N–H and O–H groups in total. The standard InChI is InChI=1S/C22H18BrNO3S/c1-27-19-4-2-3-16(13-19)22(26)24-18-9-11-20(12-10-18)28-14-21(25)15-5-7-17(23)8-6-15/h2-13H,14H2,1H3,(H,24,26). The van der Waals surface area contributed by atoms with Gasteiger partial charge in [0.25, 0.3) is 5.91 Å². The maximum absolute atomic E-state index is 12.3. The van der Waals surface area contributed by atoms with E-state index in [4.69, 9.17) is 4.74 Å². The highest BCUT2D eigenvalue weighted by molar-refractivity contribution is 9.10. The van der Waals surface area contributed by atoms with Crippen LogP contribution < -0.4 is 10.1 Å². The van der Waals surface area contributed by atoms with Crippen molar-refractivity contribution in [3.8, 4) is 5.75 Å². The molecule has 4 nitrogen and oxygen atoms in total. The minimum Gasteiger partial charge on any atom is -0.497 e. The van der Waals surface area contributed by atoms with E-state index in [9.17, 15) is 9.59 Å². The first-order valence-electron chi connectivity index (χ1n) is 8.52. The molecular formula is C22H18BrNO3S. The Kier molecular flexibility index (Phi) is 6.90. The summed E-state index contributed by atoms with van der Waals surface area (Å²) in [5.41, 5.74) is 1.91. The van der Waals surface area contributed by atoms with Crippen LogP contribution in [-0.4, -0.2) is 24.6 Å². The quantitative estimate of drug-likeness (QED) is 0.367. The molecule has 0 aliphatic carbocycles. The summed E-state index contributed by atoms with van der Waals surface area (Å²) in [5.74, 6) is 0.865. The highest BCUT2D eigenvalue weighted by Gasteiger charge is 2.09. The SMILES string of the molecule is COc1cccc(C(=O)Nc2ccc(SCC(=O)c3ccc(Br)cc3)cc2)c1. The minimum atomic E-state index is -0.204. The molecule has 0 aromatic heterocycles. The van der Waals surface area contributed by atoms with Gasteiger partial charge in [0.1, 0.15) is 5.75 Å². The number of rotatable bonds is 7. The van der Waals surface area contributed by atoms with Crippen molar-refractivity contribution in [2.45, 2.75) is 4.90 Å². The molecule has 0 radical (unpaired) electrons. The van der Waals surface area contributed by atoms with Crippen molar-refractivity contribution in [2.24, 2.45) is 0 Å². The van der Waals surface area contributed by atoms with Gasteiger partial charge in [-0.15, -0.1) is 11.8 Å². The predicted octanol–water partition coefficient (Wildman–Crippen LogP) is 5.69. The number of benzene rings is 3. The molecule has 3 aromatic carbocycles. The van der Waals surface area contributed by atoms with Crippen LogP contribution in [0.2, 0.25) is 0 Å². The van der Waals surface area contributed by atoms with Gasteiger partial charge in [-0.25, -0.2) is 0 Å². The lowest BCUT2D eigenvalue weighted by atomic mass is 10.2. The third-order valence-electron chi connectivity index (χ3n) is 3.98. The zero-order valence-corrected chi connectivity index (χ0v) is 17.5. The number of ether oxygens (including phenoxy) is 1. The van der Waals surface area contributed by atoms with E-state index < -0.39 is 0 Å². The van der Waals surface area contributed by atoms with Gasteiger partial charge in [-0.05, 0) is 54.6 Å². The van der Waals surface area contributed by atoms with Crippen LogP contribution in [-0.2, 0) is 0 Å². The van der Waals surface area contributed by atoms with Crippen LogP contribution in [0, 0.1) is 0 Å². The van der Waals surface area contributed by atoms with Gasteiger partial charge in [0.2, 0.25) is 0 Å². The van der Waals surface area contributed by atoms with E-state index in [0.717, 1.165) is 9.37 Å². The maximum Gasteiger partial charge on any atom is 0.255 e. The van der Waals surface area contributed by atoms with Gasteiger partial charge in [-0.2, -0.15) is 0 Å². The van der Waals surface area contributed by atoms with E-state index in [2.05, 4.69) is 21.2 Å². The highest BCUT2D eigenvalue weighted by Crippen LogP contribution is 2.22. The Morgan fingerprint density at radius 2 is 1.68 bits per heavy atom. The molecule has 0 unspecified atom stereocenters. The van der Waals surface area contributed by atoms with Crippen molar-refractivity contribution in [1.82, 2.24) is 0 Å². The van der Waals surface area contributed by atoms with E-state index in [-0.39, 0.29) is 11.7 Å². The molecule has 0 bridgehead atoms. The molecule has 6 heteroatoms. The number of nitrogens with one attached hydrogen (secondary N) is 1. The van der Waals surface area contributed by atoms with Crippen LogP contribution in [0.3, 0.4) is 0 Å². The number of anilines is 1. The van der Waals surface area contributed by atoms with Gasteiger partial charge in [0.15, 0.2) is 5.78 Å². The lowest BCUT2D eigenvalue weighted by Crippen LogP contribution is -2.11. The molecule has 28 heavy (non-hydrogen) atoms. The summed E-state index contributed by atoms with van der Waals surface area (Å²) in [6, 6.07) is 21.7. The van der Waals surface area contributed by atoms with Crippen molar-refractivity contribution in [2.75, 3.05) is 18.2 Å². The van der Waals surface area contributed by atoms with Gasteiger partial charge < -0.3 is 10.1 Å². The summed E-state index contributed by atoms with van der Waals surface area (Å²) in [4.78, 5) is 25.6. The molecule has 3 rings (SSSR count). The minimum absolute atomic E-state index is 0.0768. The first-order chi connectivity index (χ1) is 13.5. The number of carbonyl (C=O) groups excluding carboxylic acids is 2. The van der Waals surface area contributed by atoms with Crippen molar-refractivity contribution in [1.29, 1.82) is 0 Å².